The topological polar surface area (TPSA) is 66.9 Å². The molecule has 4 aromatic rings. The Morgan fingerprint density at radius 3 is 1.98 bits per heavy atom. The van der Waals surface area contributed by atoms with E-state index in [4.69, 9.17) is 16.3 Å². The molecule has 266 valence electrons. The van der Waals surface area contributed by atoms with E-state index in [9.17, 15) is 36.3 Å². The molecule has 1 saturated carbocycles. The highest BCUT2D eigenvalue weighted by atomic mass is 35.5. The summed E-state index contributed by atoms with van der Waals surface area (Å²) in [7, 11) is 1.63. The summed E-state index contributed by atoms with van der Waals surface area (Å²) in [4.78, 5) is 41.4. The standard InChI is InChI=1S/C36H33ClF6N2O4S/c1-35(2,3)49-34(48)44(4)23-10-12-24(13-11-23)45(33(47)31-29(37)28-26(39)15-16-27(40)30(28)50-31)18-22-17-21(9-14-25(22)38)19-5-7-20(8-6-19)32(46)36(41,42)43/h5-9,14-17,23-24H,10-13,18H2,1-4H3/t23-,24-. The molecule has 0 bridgehead atoms. The van der Waals surface area contributed by atoms with Gasteiger partial charge in [-0.3, -0.25) is 9.59 Å². The molecule has 0 unspecified atom stereocenters. The van der Waals surface area contributed by atoms with Gasteiger partial charge in [0.2, 0.25) is 0 Å². The van der Waals surface area contributed by atoms with Crippen molar-refractivity contribution in [3.8, 4) is 11.1 Å². The lowest BCUT2D eigenvalue weighted by Gasteiger charge is -2.40. The second kappa shape index (κ2) is 14.3. The van der Waals surface area contributed by atoms with Crippen molar-refractivity contribution in [1.82, 2.24) is 9.80 Å². The molecule has 1 fully saturated rings. The number of Topliss-reactive ketones (excluding diaryl/α,β-unsaturated/α-hetero) is 1. The minimum atomic E-state index is -5.04. The first-order valence-corrected chi connectivity index (χ1v) is 16.9. The van der Waals surface area contributed by atoms with Gasteiger partial charge in [-0.1, -0.05) is 41.9 Å². The third-order valence-corrected chi connectivity index (χ3v) is 10.3. The van der Waals surface area contributed by atoms with E-state index in [1.807, 2.05) is 0 Å². The van der Waals surface area contributed by atoms with Gasteiger partial charge in [0.05, 0.1) is 15.1 Å². The second-order valence-corrected chi connectivity index (χ2v) is 14.6. The SMILES string of the molecule is CN(C(=O)OC(C)(C)C)[C@H]1CC[C@H](N(Cc2cc(-c3ccc(C(=O)C(F)(F)F)cc3)ccc2F)C(=O)c2sc3c(F)ccc(F)c3c2Cl)CC1. The molecule has 0 N–H and O–H groups in total. The van der Waals surface area contributed by atoms with Crippen molar-refractivity contribution < 1.29 is 45.5 Å². The number of thiophene rings is 1. The molecule has 50 heavy (non-hydrogen) atoms. The first-order chi connectivity index (χ1) is 23.4. The van der Waals surface area contributed by atoms with E-state index in [1.165, 1.54) is 34.1 Å². The second-order valence-electron chi connectivity index (χ2n) is 13.2. The zero-order valence-corrected chi connectivity index (χ0v) is 29.0. The highest BCUT2D eigenvalue weighted by Crippen LogP contribution is 2.40. The number of carbonyl (C=O) groups excluding carboxylic acids is 3. The first kappa shape index (κ1) is 37.2. The molecule has 1 aliphatic rings. The molecular formula is C36H33ClF6N2O4S. The Labute approximate surface area is 293 Å². The fraction of sp³-hybridized carbons (Fsp3) is 0.361. The summed E-state index contributed by atoms with van der Waals surface area (Å²) in [5.74, 6) is -4.90. The van der Waals surface area contributed by atoms with Crippen LogP contribution in [-0.2, 0) is 11.3 Å². The zero-order chi connectivity index (χ0) is 36.7. The molecule has 5 rings (SSSR count). The lowest BCUT2D eigenvalue weighted by Crippen LogP contribution is -2.47. The Hall–Kier alpha value is -4.10. The van der Waals surface area contributed by atoms with Crippen molar-refractivity contribution in [3.05, 3.63) is 93.1 Å². The van der Waals surface area contributed by atoms with Crippen LogP contribution in [0.4, 0.5) is 31.1 Å². The Kier molecular flexibility index (Phi) is 10.6. The molecule has 0 atom stereocenters. The van der Waals surface area contributed by atoms with Gasteiger partial charge in [-0.25, -0.2) is 18.0 Å². The number of fused-ring (bicyclic) bond motifs is 1. The number of benzene rings is 3. The normalized spacial score (nSPS) is 16.7. The van der Waals surface area contributed by atoms with Gasteiger partial charge < -0.3 is 14.5 Å². The molecule has 1 heterocycles. The van der Waals surface area contributed by atoms with Crippen LogP contribution < -0.4 is 0 Å². The van der Waals surface area contributed by atoms with Crippen molar-refractivity contribution in [2.24, 2.45) is 0 Å². The molecule has 3 aromatic carbocycles. The number of hydrogen-bond donors (Lipinski definition) is 0. The summed E-state index contributed by atoms with van der Waals surface area (Å²) >= 11 is 7.19. The lowest BCUT2D eigenvalue weighted by atomic mass is 9.89. The van der Waals surface area contributed by atoms with Gasteiger partial charge in [0.15, 0.2) is 0 Å². The zero-order valence-electron chi connectivity index (χ0n) is 27.5. The minimum Gasteiger partial charge on any atom is -0.444 e. The van der Waals surface area contributed by atoms with E-state index >= 15 is 4.39 Å². The summed E-state index contributed by atoms with van der Waals surface area (Å²) < 4.78 is 89.0. The van der Waals surface area contributed by atoms with E-state index < -0.39 is 58.6 Å². The van der Waals surface area contributed by atoms with E-state index in [0.29, 0.717) is 48.1 Å². The van der Waals surface area contributed by atoms with Crippen molar-refractivity contribution in [2.45, 2.75) is 76.9 Å². The van der Waals surface area contributed by atoms with E-state index in [-0.39, 0.29) is 38.1 Å². The molecule has 0 radical (unpaired) electrons. The van der Waals surface area contributed by atoms with Crippen molar-refractivity contribution >= 4 is 50.8 Å². The summed E-state index contributed by atoms with van der Waals surface area (Å²) in [6.07, 6.45) is -3.81. The van der Waals surface area contributed by atoms with Gasteiger partial charge >= 0.3 is 12.3 Å². The van der Waals surface area contributed by atoms with Gasteiger partial charge in [-0.15, -0.1) is 11.3 Å². The largest absolute Gasteiger partial charge is 0.454 e. The van der Waals surface area contributed by atoms with Crippen LogP contribution >= 0.6 is 22.9 Å². The smallest absolute Gasteiger partial charge is 0.444 e. The summed E-state index contributed by atoms with van der Waals surface area (Å²) in [6, 6.07) is 9.84. The number of alkyl halides is 3. The maximum absolute atomic E-state index is 15.4. The molecular weight excluding hydrogens is 706 g/mol. The number of ketones is 1. The summed E-state index contributed by atoms with van der Waals surface area (Å²) in [5, 5.41) is -0.499. The summed E-state index contributed by atoms with van der Waals surface area (Å²) in [6.45, 7) is 4.99. The Bertz CT molecular complexity index is 1930. The quantitative estimate of drug-likeness (QED) is 0.140. The van der Waals surface area contributed by atoms with Gasteiger partial charge in [0.25, 0.3) is 11.7 Å². The molecule has 6 nitrogen and oxygen atoms in total. The highest BCUT2D eigenvalue weighted by Gasteiger charge is 2.39. The van der Waals surface area contributed by atoms with Crippen LogP contribution in [0.5, 0.6) is 0 Å². The average Bonchev–Trinajstić information content (AvgIpc) is 3.42. The number of halogens is 7. The number of ether oxygens (including phenoxy) is 1. The Morgan fingerprint density at radius 2 is 1.40 bits per heavy atom. The van der Waals surface area contributed by atoms with Crippen LogP contribution in [0.15, 0.2) is 54.6 Å². The minimum absolute atomic E-state index is 0.0638. The van der Waals surface area contributed by atoms with E-state index in [1.54, 1.807) is 27.8 Å². The van der Waals surface area contributed by atoms with Gasteiger partial charge in [-0.2, -0.15) is 13.2 Å². The van der Waals surface area contributed by atoms with Crippen LogP contribution in [0.2, 0.25) is 5.02 Å². The Balaban J connectivity index is 1.47. The van der Waals surface area contributed by atoms with Gasteiger partial charge in [0, 0.05) is 36.8 Å². The number of hydrogen-bond acceptors (Lipinski definition) is 5. The fourth-order valence-corrected chi connectivity index (χ4v) is 7.51. The maximum Gasteiger partial charge on any atom is 0.454 e. The molecule has 0 aliphatic heterocycles. The molecule has 14 heteroatoms. The maximum atomic E-state index is 15.4. The number of nitrogens with zero attached hydrogens (tertiary/aromatic N) is 2. The number of carbonyl (C=O) groups is 3. The molecule has 0 saturated heterocycles. The average molecular weight is 739 g/mol. The molecule has 2 amide bonds. The lowest BCUT2D eigenvalue weighted by molar-refractivity contribution is -0.0885. The van der Waals surface area contributed by atoms with Crippen LogP contribution in [0, 0.1) is 17.5 Å². The molecule has 1 aliphatic carbocycles. The predicted molar refractivity (Wildman–Crippen MR) is 179 cm³/mol. The Morgan fingerprint density at radius 1 is 0.840 bits per heavy atom. The predicted octanol–water partition coefficient (Wildman–Crippen LogP) is 10.2. The molecule has 0 spiro atoms. The van der Waals surface area contributed by atoms with Crippen LogP contribution in [0.1, 0.15) is 72.0 Å². The van der Waals surface area contributed by atoms with E-state index in [2.05, 4.69) is 0 Å². The van der Waals surface area contributed by atoms with Crippen LogP contribution in [0.3, 0.4) is 0 Å². The summed E-state index contributed by atoms with van der Waals surface area (Å²) in [5.41, 5.74) is -0.385. The fourth-order valence-electron chi connectivity index (χ4n) is 6.01. The third kappa shape index (κ3) is 7.94. The monoisotopic (exact) mass is 738 g/mol. The van der Waals surface area contributed by atoms with Crippen LogP contribution in [0.25, 0.3) is 21.2 Å². The van der Waals surface area contributed by atoms with Gasteiger partial charge in [0.1, 0.15) is 27.9 Å². The first-order valence-electron chi connectivity index (χ1n) is 15.7. The van der Waals surface area contributed by atoms with Crippen molar-refractivity contribution in [3.63, 3.8) is 0 Å². The van der Waals surface area contributed by atoms with Gasteiger partial charge in [-0.05, 0) is 81.8 Å². The number of amides is 2. The van der Waals surface area contributed by atoms with Crippen molar-refractivity contribution in [2.75, 3.05) is 7.05 Å². The van der Waals surface area contributed by atoms with Crippen molar-refractivity contribution in [1.29, 1.82) is 0 Å². The van der Waals surface area contributed by atoms with Crippen LogP contribution in [-0.4, -0.2) is 58.5 Å². The highest BCUT2D eigenvalue weighted by molar-refractivity contribution is 7.21. The number of rotatable bonds is 7. The third-order valence-electron chi connectivity index (χ3n) is 8.60. The van der Waals surface area contributed by atoms with E-state index in [0.717, 1.165) is 30.3 Å². The molecule has 1 aromatic heterocycles.